The summed E-state index contributed by atoms with van der Waals surface area (Å²) in [4.78, 5) is 9.09. The number of aromatic nitrogens is 3. The van der Waals surface area contributed by atoms with Gasteiger partial charge in [0.15, 0.2) is 5.96 Å². The number of nitrogens with one attached hydrogen (secondary N) is 2. The molecule has 2 aliphatic rings. The van der Waals surface area contributed by atoms with Gasteiger partial charge in [-0.2, -0.15) is 5.10 Å². The molecule has 1 fully saturated rings. The van der Waals surface area contributed by atoms with E-state index >= 15 is 0 Å². The van der Waals surface area contributed by atoms with Crippen LogP contribution in [0.2, 0.25) is 0 Å². The molecule has 26 heavy (non-hydrogen) atoms. The first kappa shape index (κ1) is 19.2. The molecule has 7 nitrogen and oxygen atoms in total. The van der Waals surface area contributed by atoms with Crippen molar-refractivity contribution in [2.45, 2.75) is 63.6 Å². The Morgan fingerprint density at radius 1 is 1.23 bits per heavy atom. The van der Waals surface area contributed by atoms with Gasteiger partial charge in [-0.05, 0) is 31.4 Å². The van der Waals surface area contributed by atoms with Gasteiger partial charge in [0.05, 0.1) is 12.8 Å². The van der Waals surface area contributed by atoms with Crippen molar-refractivity contribution in [3.63, 3.8) is 0 Å². The Hall–Kier alpha value is -1.58. The molecule has 4 rings (SSSR count). The van der Waals surface area contributed by atoms with Crippen LogP contribution >= 0.6 is 24.0 Å². The van der Waals surface area contributed by atoms with E-state index in [1.54, 1.807) is 12.6 Å². The molecule has 1 saturated carbocycles. The highest BCUT2D eigenvalue weighted by Gasteiger charge is 2.22. The largest absolute Gasteiger partial charge is 0.469 e. The van der Waals surface area contributed by atoms with Gasteiger partial charge < -0.3 is 15.1 Å². The average molecular weight is 470 g/mol. The zero-order valence-corrected chi connectivity index (χ0v) is 17.3. The number of halogens is 1. The lowest BCUT2D eigenvalue weighted by atomic mass is 10.1. The Labute approximate surface area is 171 Å². The van der Waals surface area contributed by atoms with Gasteiger partial charge >= 0.3 is 0 Å². The quantitative estimate of drug-likeness (QED) is 0.399. The molecule has 3 heterocycles. The van der Waals surface area contributed by atoms with Crippen molar-refractivity contribution in [3.8, 4) is 0 Å². The van der Waals surface area contributed by atoms with Crippen LogP contribution in [0.3, 0.4) is 0 Å². The Morgan fingerprint density at radius 2 is 2.08 bits per heavy atom. The third kappa shape index (κ3) is 4.99. The maximum Gasteiger partial charge on any atom is 0.191 e. The van der Waals surface area contributed by atoms with E-state index < -0.39 is 0 Å². The van der Waals surface area contributed by atoms with E-state index in [-0.39, 0.29) is 24.0 Å². The lowest BCUT2D eigenvalue weighted by Gasteiger charge is -2.27. The van der Waals surface area contributed by atoms with Crippen molar-refractivity contribution in [2.24, 2.45) is 4.99 Å². The van der Waals surface area contributed by atoms with Crippen LogP contribution in [0.4, 0.5) is 0 Å². The molecule has 0 bridgehead atoms. The first-order valence-electron chi connectivity index (χ1n) is 9.33. The molecule has 8 heteroatoms. The van der Waals surface area contributed by atoms with Gasteiger partial charge in [-0.1, -0.05) is 12.8 Å². The number of aryl methyl sites for hydroxylation is 1. The van der Waals surface area contributed by atoms with E-state index in [0.29, 0.717) is 12.1 Å². The minimum absolute atomic E-state index is 0. The molecule has 2 N–H and O–H groups in total. The average Bonchev–Trinajstić information content (AvgIpc) is 3.37. The predicted octanol–water partition coefficient (Wildman–Crippen LogP) is 2.52. The molecule has 1 atom stereocenters. The summed E-state index contributed by atoms with van der Waals surface area (Å²) in [7, 11) is 0. The highest BCUT2D eigenvalue weighted by atomic mass is 127. The third-order valence-corrected chi connectivity index (χ3v) is 5.05. The molecular weight excluding hydrogens is 443 g/mol. The Morgan fingerprint density at radius 3 is 2.88 bits per heavy atom. The minimum Gasteiger partial charge on any atom is -0.469 e. The topological polar surface area (TPSA) is 80.3 Å². The van der Waals surface area contributed by atoms with Crippen LogP contribution in [0, 0.1) is 0 Å². The second-order valence-corrected chi connectivity index (χ2v) is 6.92. The highest BCUT2D eigenvalue weighted by molar-refractivity contribution is 14.0. The van der Waals surface area contributed by atoms with Crippen molar-refractivity contribution >= 4 is 29.9 Å². The molecule has 2 aromatic rings. The number of rotatable bonds is 5. The van der Waals surface area contributed by atoms with Crippen LogP contribution < -0.4 is 10.6 Å². The van der Waals surface area contributed by atoms with Crippen LogP contribution in [0.5, 0.6) is 0 Å². The SMILES string of the molecule is I.c1coc(CCN=C(NC2CCCC2)NC2CCc3ncnn3C2)c1. The summed E-state index contributed by atoms with van der Waals surface area (Å²) < 4.78 is 7.40. The van der Waals surface area contributed by atoms with Gasteiger partial charge in [0.1, 0.15) is 17.9 Å². The smallest absolute Gasteiger partial charge is 0.191 e. The lowest BCUT2D eigenvalue weighted by Crippen LogP contribution is -2.49. The molecule has 0 aromatic carbocycles. The summed E-state index contributed by atoms with van der Waals surface area (Å²) >= 11 is 0. The molecule has 1 aliphatic carbocycles. The van der Waals surface area contributed by atoms with Crippen molar-refractivity contribution in [2.75, 3.05) is 6.54 Å². The Kier molecular flexibility index (Phi) is 6.93. The van der Waals surface area contributed by atoms with Crippen LogP contribution in [-0.2, 0) is 19.4 Å². The zero-order chi connectivity index (χ0) is 16.9. The summed E-state index contributed by atoms with van der Waals surface area (Å²) in [6.07, 6.45) is 11.3. The van der Waals surface area contributed by atoms with Gasteiger partial charge in [0, 0.05) is 31.5 Å². The van der Waals surface area contributed by atoms with Gasteiger partial charge in [0.25, 0.3) is 0 Å². The number of furan rings is 1. The van der Waals surface area contributed by atoms with E-state index in [1.165, 1.54) is 25.7 Å². The fourth-order valence-corrected chi connectivity index (χ4v) is 3.68. The molecule has 1 unspecified atom stereocenters. The maximum absolute atomic E-state index is 5.40. The molecule has 0 amide bonds. The molecule has 0 spiro atoms. The van der Waals surface area contributed by atoms with Crippen LogP contribution in [0.15, 0.2) is 34.1 Å². The third-order valence-electron chi connectivity index (χ3n) is 5.05. The van der Waals surface area contributed by atoms with Crippen molar-refractivity contribution in [1.29, 1.82) is 0 Å². The fraction of sp³-hybridized carbons (Fsp3) is 0.611. The zero-order valence-electron chi connectivity index (χ0n) is 14.9. The maximum atomic E-state index is 5.40. The number of fused-ring (bicyclic) bond motifs is 1. The van der Waals surface area contributed by atoms with E-state index in [0.717, 1.165) is 49.9 Å². The Bertz CT molecular complexity index is 692. The normalized spacial score (nSPS) is 20.5. The summed E-state index contributed by atoms with van der Waals surface area (Å²) in [6, 6.07) is 4.80. The van der Waals surface area contributed by atoms with Gasteiger partial charge in [-0.25, -0.2) is 9.67 Å². The van der Waals surface area contributed by atoms with E-state index in [9.17, 15) is 0 Å². The summed E-state index contributed by atoms with van der Waals surface area (Å²) in [5.41, 5.74) is 0. The second kappa shape index (κ2) is 9.38. The molecule has 2 aromatic heterocycles. The molecule has 0 saturated heterocycles. The van der Waals surface area contributed by atoms with Crippen LogP contribution in [0.1, 0.15) is 43.7 Å². The number of hydrogen-bond donors (Lipinski definition) is 2. The number of guanidine groups is 1. The van der Waals surface area contributed by atoms with E-state index in [2.05, 4.69) is 20.7 Å². The second-order valence-electron chi connectivity index (χ2n) is 6.92. The molecule has 0 radical (unpaired) electrons. The fourth-order valence-electron chi connectivity index (χ4n) is 3.68. The van der Waals surface area contributed by atoms with E-state index in [1.807, 2.05) is 16.8 Å². The predicted molar refractivity (Wildman–Crippen MR) is 111 cm³/mol. The first-order valence-corrected chi connectivity index (χ1v) is 9.33. The monoisotopic (exact) mass is 470 g/mol. The standard InChI is InChI=1S/C18H26N6O.HI/c1-2-5-14(4-1)22-18(19-10-9-16-6-3-11-25-16)23-15-7-8-17-20-13-21-24(17)12-15;/h3,6,11,13-15H,1-2,4-5,7-10,12H2,(H2,19,22,23);1H. The van der Waals surface area contributed by atoms with Crippen LogP contribution in [0.25, 0.3) is 0 Å². The Balaban J connectivity index is 0.00000196. The highest BCUT2D eigenvalue weighted by Crippen LogP contribution is 2.18. The number of aliphatic imine (C=N–C) groups is 1. The molecular formula is C18H27IN6O. The minimum atomic E-state index is 0. The first-order chi connectivity index (χ1) is 12.4. The summed E-state index contributed by atoms with van der Waals surface area (Å²) in [5, 5.41) is 11.5. The van der Waals surface area contributed by atoms with Crippen molar-refractivity contribution in [1.82, 2.24) is 25.4 Å². The van der Waals surface area contributed by atoms with Crippen LogP contribution in [-0.4, -0.2) is 39.4 Å². The number of hydrogen-bond acceptors (Lipinski definition) is 4. The van der Waals surface area contributed by atoms with Crippen molar-refractivity contribution < 1.29 is 4.42 Å². The van der Waals surface area contributed by atoms with E-state index in [4.69, 9.17) is 9.41 Å². The van der Waals surface area contributed by atoms with Gasteiger partial charge in [-0.15, -0.1) is 24.0 Å². The van der Waals surface area contributed by atoms with Gasteiger partial charge in [-0.3, -0.25) is 4.99 Å². The summed E-state index contributed by atoms with van der Waals surface area (Å²) in [6.45, 7) is 1.57. The molecule has 1 aliphatic heterocycles. The lowest BCUT2D eigenvalue weighted by molar-refractivity contribution is 0.390. The van der Waals surface area contributed by atoms with Crippen molar-refractivity contribution in [3.05, 3.63) is 36.3 Å². The summed E-state index contributed by atoms with van der Waals surface area (Å²) in [5.74, 6) is 2.99. The van der Waals surface area contributed by atoms with Gasteiger partial charge in [0.2, 0.25) is 0 Å². The molecule has 142 valence electrons. The number of nitrogens with zero attached hydrogens (tertiary/aromatic N) is 4.